The molecule has 0 bridgehead atoms. The van der Waals surface area contributed by atoms with Crippen LogP contribution in [0.5, 0.6) is 0 Å². The second-order valence-electron chi connectivity index (χ2n) is 7.35. The molecule has 0 aliphatic carbocycles. The summed E-state index contributed by atoms with van der Waals surface area (Å²) in [5.41, 5.74) is 1.36. The van der Waals surface area contributed by atoms with Gasteiger partial charge in [-0.15, -0.1) is 0 Å². The van der Waals surface area contributed by atoms with Crippen LogP contribution in [0.4, 0.5) is 29.3 Å². The molecule has 2 fully saturated rings. The van der Waals surface area contributed by atoms with Crippen molar-refractivity contribution in [2.75, 3.05) is 36.4 Å². The molecule has 0 saturated carbocycles. The van der Waals surface area contributed by atoms with E-state index in [0.29, 0.717) is 5.69 Å². The van der Waals surface area contributed by atoms with E-state index in [-0.39, 0.29) is 0 Å². The Balaban J connectivity index is 1.74. The van der Waals surface area contributed by atoms with E-state index in [2.05, 4.69) is 10.2 Å². The maximum absolute atomic E-state index is 13.2. The molecule has 6 nitrogen and oxygen atoms in total. The number of rotatable bonds is 3. The van der Waals surface area contributed by atoms with E-state index < -0.39 is 43.1 Å². The van der Waals surface area contributed by atoms with Gasteiger partial charge in [-0.3, -0.25) is 4.79 Å². The van der Waals surface area contributed by atoms with Gasteiger partial charge in [0.15, 0.2) is 0 Å². The fraction of sp³-hybridized carbons (Fsp3) is 0.579. The summed E-state index contributed by atoms with van der Waals surface area (Å²) < 4.78 is 39.5. The molecule has 2 atom stereocenters. The molecule has 28 heavy (non-hydrogen) atoms. The topological polar surface area (TPSA) is 72.9 Å². The van der Waals surface area contributed by atoms with Gasteiger partial charge >= 0.3 is 18.2 Å². The second kappa shape index (κ2) is 8.28. The highest BCUT2D eigenvalue weighted by Crippen LogP contribution is 2.38. The number of carboxylic acid groups (broad SMARTS) is 1. The number of hydrogen-bond acceptors (Lipinski definition) is 3. The van der Waals surface area contributed by atoms with Gasteiger partial charge in [0.1, 0.15) is 0 Å². The molecule has 2 aliphatic rings. The van der Waals surface area contributed by atoms with Crippen LogP contribution in [0.2, 0.25) is 0 Å². The molecular formula is C19H24F3N3O3. The summed E-state index contributed by atoms with van der Waals surface area (Å²) in [5.74, 6) is -5.24. The first kappa shape index (κ1) is 20.3. The number of anilines is 2. The summed E-state index contributed by atoms with van der Waals surface area (Å²) in [5, 5.41) is 11.8. The molecule has 2 aliphatic heterocycles. The normalized spacial score (nSPS) is 23.4. The first-order valence-electron chi connectivity index (χ1n) is 9.47. The van der Waals surface area contributed by atoms with Crippen LogP contribution in [0.25, 0.3) is 0 Å². The number of halogens is 3. The Morgan fingerprint density at radius 2 is 1.68 bits per heavy atom. The number of aliphatic carboxylic acids is 1. The minimum absolute atomic E-state index is 0.461. The van der Waals surface area contributed by atoms with Crippen LogP contribution >= 0.6 is 0 Å². The van der Waals surface area contributed by atoms with Crippen LogP contribution in [-0.2, 0) is 4.79 Å². The first-order chi connectivity index (χ1) is 13.3. The molecule has 9 heteroatoms. The first-order valence-corrected chi connectivity index (χ1v) is 9.47. The third-order valence-corrected chi connectivity index (χ3v) is 5.44. The van der Waals surface area contributed by atoms with E-state index in [1.807, 2.05) is 12.1 Å². The molecular weight excluding hydrogens is 375 g/mol. The second-order valence-corrected chi connectivity index (χ2v) is 7.35. The SMILES string of the molecule is O=C(O)[C@@H]1CN(C(=O)Nc2ccccc2N2CCCCCC2)C[C@H]1C(F)(F)F. The summed E-state index contributed by atoms with van der Waals surface area (Å²) in [6.45, 7) is 0.594. The van der Waals surface area contributed by atoms with Crippen LogP contribution in [0.15, 0.2) is 24.3 Å². The number of hydrogen-bond donors (Lipinski definition) is 2. The van der Waals surface area contributed by atoms with E-state index >= 15 is 0 Å². The zero-order chi connectivity index (χ0) is 20.3. The average Bonchev–Trinajstić information content (AvgIpc) is 2.94. The number of carbonyl (C=O) groups excluding carboxylic acids is 1. The van der Waals surface area contributed by atoms with E-state index in [1.165, 1.54) is 0 Å². The van der Waals surface area contributed by atoms with Gasteiger partial charge in [0.05, 0.1) is 23.2 Å². The van der Waals surface area contributed by atoms with E-state index in [0.717, 1.165) is 49.4 Å². The number of carbonyl (C=O) groups is 2. The number of para-hydroxylation sites is 2. The summed E-state index contributed by atoms with van der Waals surface area (Å²) >= 11 is 0. The minimum Gasteiger partial charge on any atom is -0.481 e. The molecule has 154 valence electrons. The Bertz CT molecular complexity index is 718. The fourth-order valence-electron chi connectivity index (χ4n) is 3.91. The molecule has 3 rings (SSSR count). The van der Waals surface area contributed by atoms with Crippen molar-refractivity contribution >= 4 is 23.4 Å². The highest BCUT2D eigenvalue weighted by atomic mass is 19.4. The average molecular weight is 399 g/mol. The van der Waals surface area contributed by atoms with Crippen LogP contribution < -0.4 is 10.2 Å². The minimum atomic E-state index is -4.66. The number of benzene rings is 1. The largest absolute Gasteiger partial charge is 0.481 e. The Labute approximate surface area is 161 Å². The summed E-state index contributed by atoms with van der Waals surface area (Å²) in [6, 6.07) is 6.49. The third-order valence-electron chi connectivity index (χ3n) is 5.44. The van der Waals surface area contributed by atoms with Gasteiger partial charge < -0.3 is 20.2 Å². The van der Waals surface area contributed by atoms with Crippen molar-refractivity contribution in [3.05, 3.63) is 24.3 Å². The van der Waals surface area contributed by atoms with Crippen molar-refractivity contribution in [1.82, 2.24) is 4.90 Å². The third kappa shape index (κ3) is 4.51. The van der Waals surface area contributed by atoms with Crippen LogP contribution in [0, 0.1) is 11.8 Å². The van der Waals surface area contributed by atoms with Crippen molar-refractivity contribution in [3.8, 4) is 0 Å². The molecule has 0 spiro atoms. The molecule has 0 radical (unpaired) electrons. The lowest BCUT2D eigenvalue weighted by atomic mass is 9.96. The molecule has 2 heterocycles. The molecule has 1 aromatic rings. The monoisotopic (exact) mass is 399 g/mol. The van der Waals surface area contributed by atoms with E-state index in [9.17, 15) is 22.8 Å². The molecule has 0 aromatic heterocycles. The fourth-order valence-corrected chi connectivity index (χ4v) is 3.91. The highest BCUT2D eigenvalue weighted by molar-refractivity contribution is 5.93. The lowest BCUT2D eigenvalue weighted by Crippen LogP contribution is -2.35. The number of carboxylic acids is 1. The smallest absolute Gasteiger partial charge is 0.394 e. The number of urea groups is 1. The van der Waals surface area contributed by atoms with Gasteiger partial charge in [-0.1, -0.05) is 25.0 Å². The molecule has 0 unspecified atom stereocenters. The lowest BCUT2D eigenvalue weighted by molar-refractivity contribution is -0.187. The predicted molar refractivity (Wildman–Crippen MR) is 98.4 cm³/mol. The maximum atomic E-state index is 13.2. The Morgan fingerprint density at radius 1 is 1.04 bits per heavy atom. The van der Waals surface area contributed by atoms with Gasteiger partial charge in [-0.05, 0) is 25.0 Å². The highest BCUT2D eigenvalue weighted by Gasteiger charge is 2.53. The van der Waals surface area contributed by atoms with Crippen LogP contribution in [-0.4, -0.2) is 54.4 Å². The van der Waals surface area contributed by atoms with Crippen molar-refractivity contribution in [1.29, 1.82) is 0 Å². The number of nitrogens with zero attached hydrogens (tertiary/aromatic N) is 2. The van der Waals surface area contributed by atoms with Gasteiger partial charge in [0.25, 0.3) is 0 Å². The van der Waals surface area contributed by atoms with E-state index in [4.69, 9.17) is 5.11 Å². The number of nitrogens with one attached hydrogen (secondary N) is 1. The molecule has 2 amide bonds. The molecule has 2 saturated heterocycles. The Morgan fingerprint density at radius 3 is 2.25 bits per heavy atom. The molecule has 1 aromatic carbocycles. The predicted octanol–water partition coefficient (Wildman–Crippen LogP) is 3.79. The Hall–Kier alpha value is -2.45. The lowest BCUT2D eigenvalue weighted by Gasteiger charge is -2.26. The van der Waals surface area contributed by atoms with Gasteiger partial charge in [0.2, 0.25) is 0 Å². The van der Waals surface area contributed by atoms with Crippen LogP contribution in [0.1, 0.15) is 25.7 Å². The zero-order valence-electron chi connectivity index (χ0n) is 15.4. The van der Waals surface area contributed by atoms with Crippen molar-refractivity contribution in [2.24, 2.45) is 11.8 Å². The van der Waals surface area contributed by atoms with Crippen molar-refractivity contribution in [2.45, 2.75) is 31.9 Å². The van der Waals surface area contributed by atoms with Gasteiger partial charge in [-0.25, -0.2) is 4.79 Å². The number of amides is 2. The van der Waals surface area contributed by atoms with Gasteiger partial charge in [0, 0.05) is 26.2 Å². The van der Waals surface area contributed by atoms with Crippen molar-refractivity contribution < 1.29 is 27.9 Å². The Kier molecular flexibility index (Phi) is 6.00. The summed E-state index contributed by atoms with van der Waals surface area (Å²) in [4.78, 5) is 26.9. The van der Waals surface area contributed by atoms with Crippen molar-refractivity contribution in [3.63, 3.8) is 0 Å². The standard InChI is InChI=1S/C19H24F3N3O3/c20-19(21,22)14-12-25(11-13(14)17(26)27)18(28)23-15-7-3-4-8-16(15)24-9-5-1-2-6-10-24/h3-4,7-8,13-14H,1-2,5-6,9-12H2,(H,23,28)(H,26,27)/t13-,14-/m1/s1. The van der Waals surface area contributed by atoms with E-state index in [1.54, 1.807) is 12.1 Å². The van der Waals surface area contributed by atoms with Gasteiger partial charge in [-0.2, -0.15) is 13.2 Å². The molecule has 2 N–H and O–H groups in total. The summed E-state index contributed by atoms with van der Waals surface area (Å²) in [6.07, 6.45) is -0.283. The quantitative estimate of drug-likeness (QED) is 0.811. The summed E-state index contributed by atoms with van der Waals surface area (Å²) in [7, 11) is 0. The number of likely N-dealkylation sites (tertiary alicyclic amines) is 1. The maximum Gasteiger partial charge on any atom is 0.394 e. The zero-order valence-corrected chi connectivity index (χ0v) is 15.4. The number of alkyl halides is 3. The van der Waals surface area contributed by atoms with Crippen LogP contribution in [0.3, 0.4) is 0 Å².